The molecule has 0 radical (unpaired) electrons. The van der Waals surface area contributed by atoms with E-state index in [-0.39, 0.29) is 30.0 Å². The fourth-order valence-corrected chi connectivity index (χ4v) is 2.75. The maximum Gasteiger partial charge on any atom is 0.271 e. The third-order valence-electron chi connectivity index (χ3n) is 3.80. The molecule has 2 N–H and O–H groups in total. The Labute approximate surface area is 165 Å². The SMILES string of the molecule is O=C(NCc1ccc(Cl)c(Cl)c1)c1[nH]ccc(=O)c1OCc1ccccc1. The zero-order valence-electron chi connectivity index (χ0n) is 14.2. The first kappa shape index (κ1) is 19.0. The zero-order chi connectivity index (χ0) is 19.2. The van der Waals surface area contributed by atoms with Crippen LogP contribution < -0.4 is 15.5 Å². The third kappa shape index (κ3) is 4.90. The zero-order valence-corrected chi connectivity index (χ0v) is 15.7. The summed E-state index contributed by atoms with van der Waals surface area (Å²) in [6.07, 6.45) is 1.41. The monoisotopic (exact) mass is 402 g/mol. The molecule has 0 saturated heterocycles. The number of halogens is 2. The molecular weight excluding hydrogens is 387 g/mol. The minimum atomic E-state index is -0.457. The van der Waals surface area contributed by atoms with Crippen molar-refractivity contribution >= 4 is 29.1 Å². The van der Waals surface area contributed by atoms with Gasteiger partial charge in [0.05, 0.1) is 10.0 Å². The van der Waals surface area contributed by atoms with Crippen LogP contribution in [0.4, 0.5) is 0 Å². The van der Waals surface area contributed by atoms with E-state index < -0.39 is 5.91 Å². The number of nitrogens with one attached hydrogen (secondary N) is 2. The summed E-state index contributed by atoms with van der Waals surface area (Å²) in [6.45, 7) is 0.409. The normalized spacial score (nSPS) is 10.4. The van der Waals surface area contributed by atoms with Gasteiger partial charge in [0.1, 0.15) is 6.61 Å². The lowest BCUT2D eigenvalue weighted by Crippen LogP contribution is -2.26. The fourth-order valence-electron chi connectivity index (χ4n) is 2.43. The van der Waals surface area contributed by atoms with E-state index in [1.54, 1.807) is 18.2 Å². The second kappa shape index (κ2) is 8.75. The van der Waals surface area contributed by atoms with Gasteiger partial charge in [0.2, 0.25) is 5.43 Å². The standard InChI is InChI=1S/C20H16Cl2N2O3/c21-15-7-6-14(10-16(15)22)11-24-20(26)18-19(17(25)8-9-23-18)27-12-13-4-2-1-3-5-13/h1-10H,11-12H2,(H,23,25)(H,24,26). The lowest BCUT2D eigenvalue weighted by molar-refractivity contribution is 0.0940. The summed E-state index contributed by atoms with van der Waals surface area (Å²) in [7, 11) is 0. The molecule has 27 heavy (non-hydrogen) atoms. The Kier molecular flexibility index (Phi) is 6.16. The number of benzene rings is 2. The van der Waals surface area contributed by atoms with E-state index in [4.69, 9.17) is 27.9 Å². The first-order valence-corrected chi connectivity index (χ1v) is 8.91. The van der Waals surface area contributed by atoms with E-state index in [0.717, 1.165) is 11.1 Å². The summed E-state index contributed by atoms with van der Waals surface area (Å²) < 4.78 is 5.62. The molecule has 1 amide bonds. The Morgan fingerprint density at radius 3 is 2.52 bits per heavy atom. The first-order chi connectivity index (χ1) is 13.0. The Hall–Kier alpha value is -2.76. The van der Waals surface area contributed by atoms with Gasteiger partial charge in [-0.05, 0) is 23.3 Å². The minimum absolute atomic E-state index is 0.0204. The molecule has 5 nitrogen and oxygen atoms in total. The van der Waals surface area contributed by atoms with Crippen molar-refractivity contribution in [2.24, 2.45) is 0 Å². The van der Waals surface area contributed by atoms with E-state index in [2.05, 4.69) is 10.3 Å². The second-order valence-electron chi connectivity index (χ2n) is 5.75. The van der Waals surface area contributed by atoms with Gasteiger partial charge in [-0.1, -0.05) is 59.6 Å². The number of amides is 1. The smallest absolute Gasteiger partial charge is 0.271 e. The molecule has 0 aliphatic rings. The quantitative estimate of drug-likeness (QED) is 0.649. The number of ether oxygens (including phenoxy) is 1. The Bertz CT molecular complexity index is 1000. The first-order valence-electron chi connectivity index (χ1n) is 8.15. The molecule has 1 aromatic heterocycles. The van der Waals surface area contributed by atoms with Crippen LogP contribution in [-0.4, -0.2) is 10.9 Å². The number of H-pyrrole nitrogens is 1. The van der Waals surface area contributed by atoms with Crippen molar-refractivity contribution in [3.8, 4) is 5.75 Å². The van der Waals surface area contributed by atoms with E-state index in [0.29, 0.717) is 10.0 Å². The molecule has 7 heteroatoms. The average Bonchev–Trinajstić information content (AvgIpc) is 2.68. The van der Waals surface area contributed by atoms with Crippen LogP contribution in [0.15, 0.2) is 65.6 Å². The maximum absolute atomic E-state index is 12.5. The number of carbonyl (C=O) groups excluding carboxylic acids is 1. The van der Waals surface area contributed by atoms with Crippen LogP contribution in [0.1, 0.15) is 21.6 Å². The van der Waals surface area contributed by atoms with Gasteiger partial charge in [0, 0.05) is 18.8 Å². The van der Waals surface area contributed by atoms with Gasteiger partial charge >= 0.3 is 0 Å². The average molecular weight is 403 g/mol. The van der Waals surface area contributed by atoms with Gasteiger partial charge in [0.15, 0.2) is 11.4 Å². The van der Waals surface area contributed by atoms with E-state index in [9.17, 15) is 9.59 Å². The number of hydrogen-bond donors (Lipinski definition) is 2. The van der Waals surface area contributed by atoms with Crippen molar-refractivity contribution in [1.82, 2.24) is 10.3 Å². The summed E-state index contributed by atoms with van der Waals surface area (Å²) in [4.78, 5) is 27.5. The summed E-state index contributed by atoms with van der Waals surface area (Å²) in [5, 5.41) is 3.58. The Morgan fingerprint density at radius 1 is 1.00 bits per heavy atom. The van der Waals surface area contributed by atoms with Crippen LogP contribution in [0.25, 0.3) is 0 Å². The molecular formula is C20H16Cl2N2O3. The highest BCUT2D eigenvalue weighted by atomic mass is 35.5. The van der Waals surface area contributed by atoms with Gasteiger partial charge in [0.25, 0.3) is 5.91 Å². The lowest BCUT2D eigenvalue weighted by atomic mass is 10.2. The van der Waals surface area contributed by atoms with Crippen molar-refractivity contribution in [1.29, 1.82) is 0 Å². The number of aromatic amines is 1. The number of aromatic nitrogens is 1. The van der Waals surface area contributed by atoms with Gasteiger partial charge in [-0.15, -0.1) is 0 Å². The van der Waals surface area contributed by atoms with Crippen LogP contribution >= 0.6 is 23.2 Å². The molecule has 0 saturated carbocycles. The summed E-state index contributed by atoms with van der Waals surface area (Å²) in [6, 6.07) is 15.8. The summed E-state index contributed by atoms with van der Waals surface area (Å²) >= 11 is 11.9. The molecule has 0 unspecified atom stereocenters. The molecule has 0 spiro atoms. The summed E-state index contributed by atoms with van der Waals surface area (Å²) in [5.41, 5.74) is 1.37. The topological polar surface area (TPSA) is 71.2 Å². The van der Waals surface area contributed by atoms with Crippen LogP contribution in [0.5, 0.6) is 5.75 Å². The van der Waals surface area contributed by atoms with Crippen molar-refractivity contribution in [3.63, 3.8) is 0 Å². The molecule has 3 rings (SSSR count). The molecule has 2 aromatic carbocycles. The molecule has 0 fully saturated rings. The Morgan fingerprint density at radius 2 is 1.78 bits per heavy atom. The fraction of sp³-hybridized carbons (Fsp3) is 0.100. The van der Waals surface area contributed by atoms with Crippen molar-refractivity contribution < 1.29 is 9.53 Å². The second-order valence-corrected chi connectivity index (χ2v) is 6.57. The molecule has 1 heterocycles. The number of pyridine rings is 1. The van der Waals surface area contributed by atoms with Crippen LogP contribution in [0, 0.1) is 0 Å². The van der Waals surface area contributed by atoms with Crippen molar-refractivity contribution in [2.75, 3.05) is 0 Å². The van der Waals surface area contributed by atoms with Crippen LogP contribution in [-0.2, 0) is 13.2 Å². The van der Waals surface area contributed by atoms with Gasteiger partial charge in [-0.3, -0.25) is 9.59 Å². The van der Waals surface area contributed by atoms with Crippen LogP contribution in [0.2, 0.25) is 10.0 Å². The van der Waals surface area contributed by atoms with Crippen molar-refractivity contribution in [2.45, 2.75) is 13.2 Å². The molecule has 0 bridgehead atoms. The van der Waals surface area contributed by atoms with Gasteiger partial charge in [-0.2, -0.15) is 0 Å². The minimum Gasteiger partial charge on any atom is -0.483 e. The highest BCUT2D eigenvalue weighted by Gasteiger charge is 2.16. The molecule has 0 aliphatic heterocycles. The Balaban J connectivity index is 1.73. The van der Waals surface area contributed by atoms with Gasteiger partial charge in [-0.25, -0.2) is 0 Å². The maximum atomic E-state index is 12.5. The van der Waals surface area contributed by atoms with Crippen molar-refractivity contribution in [3.05, 3.63) is 97.9 Å². The molecule has 3 aromatic rings. The van der Waals surface area contributed by atoms with E-state index >= 15 is 0 Å². The van der Waals surface area contributed by atoms with Gasteiger partial charge < -0.3 is 15.0 Å². The predicted octanol–water partition coefficient (Wildman–Crippen LogP) is 4.19. The number of hydrogen-bond acceptors (Lipinski definition) is 3. The number of carbonyl (C=O) groups is 1. The summed E-state index contributed by atoms with van der Waals surface area (Å²) in [5.74, 6) is -0.477. The lowest BCUT2D eigenvalue weighted by Gasteiger charge is -2.11. The third-order valence-corrected chi connectivity index (χ3v) is 4.54. The largest absolute Gasteiger partial charge is 0.483 e. The van der Waals surface area contributed by atoms with E-state index in [1.165, 1.54) is 12.3 Å². The highest BCUT2D eigenvalue weighted by molar-refractivity contribution is 6.42. The molecule has 0 atom stereocenters. The predicted molar refractivity (Wildman–Crippen MR) is 105 cm³/mol. The highest BCUT2D eigenvalue weighted by Crippen LogP contribution is 2.22. The number of rotatable bonds is 6. The van der Waals surface area contributed by atoms with E-state index in [1.807, 2.05) is 30.3 Å². The molecule has 138 valence electrons. The van der Waals surface area contributed by atoms with Crippen LogP contribution in [0.3, 0.4) is 0 Å². The molecule has 0 aliphatic carbocycles.